The summed E-state index contributed by atoms with van der Waals surface area (Å²) in [7, 11) is 1.44. The van der Waals surface area contributed by atoms with Crippen LogP contribution >= 0.6 is 11.8 Å². The molecule has 0 bridgehead atoms. The van der Waals surface area contributed by atoms with Crippen LogP contribution in [0.5, 0.6) is 0 Å². The number of ether oxygens (including phenoxy) is 1. The molecule has 114 valence electrons. The molecule has 0 fully saturated rings. The molecule has 0 saturated heterocycles. The van der Waals surface area contributed by atoms with Crippen molar-refractivity contribution in [3.63, 3.8) is 0 Å². The number of carbonyl (C=O) groups excluding carboxylic acids is 3. The standard InChI is InChI=1S/C13H15FN2O4S/c1-15-11(17)6-16-12(18)7-20-13(19)8-21-10-5-3-2-4-9(10)14/h2-5H,6-8H2,1H3,(H,15,17)(H,16,18). The Bertz CT molecular complexity index is 525. The van der Waals surface area contributed by atoms with Gasteiger partial charge in [-0.15, -0.1) is 11.8 Å². The second-order valence-electron chi connectivity index (χ2n) is 3.83. The monoisotopic (exact) mass is 314 g/mol. The number of hydrogen-bond acceptors (Lipinski definition) is 5. The van der Waals surface area contributed by atoms with Crippen LogP contribution in [0.1, 0.15) is 0 Å². The molecule has 6 nitrogen and oxygen atoms in total. The highest BCUT2D eigenvalue weighted by atomic mass is 32.2. The molecule has 0 atom stereocenters. The molecule has 0 aromatic heterocycles. The number of carbonyl (C=O) groups is 3. The SMILES string of the molecule is CNC(=O)CNC(=O)COC(=O)CSc1ccccc1F. The number of thioether (sulfide) groups is 1. The molecule has 0 spiro atoms. The van der Waals surface area contributed by atoms with E-state index in [-0.39, 0.29) is 18.2 Å². The third-order valence-electron chi connectivity index (χ3n) is 2.27. The van der Waals surface area contributed by atoms with E-state index in [1.54, 1.807) is 18.2 Å². The maximum absolute atomic E-state index is 13.3. The van der Waals surface area contributed by atoms with Gasteiger partial charge in [-0.05, 0) is 12.1 Å². The normalized spacial score (nSPS) is 9.81. The molecule has 0 aliphatic heterocycles. The molecule has 2 N–H and O–H groups in total. The highest BCUT2D eigenvalue weighted by Crippen LogP contribution is 2.20. The highest BCUT2D eigenvalue weighted by molar-refractivity contribution is 8.00. The van der Waals surface area contributed by atoms with E-state index < -0.39 is 24.3 Å². The van der Waals surface area contributed by atoms with Crippen molar-refractivity contribution in [1.29, 1.82) is 0 Å². The van der Waals surface area contributed by atoms with Crippen molar-refractivity contribution in [3.8, 4) is 0 Å². The van der Waals surface area contributed by atoms with Gasteiger partial charge in [0.1, 0.15) is 5.82 Å². The van der Waals surface area contributed by atoms with E-state index >= 15 is 0 Å². The third-order valence-corrected chi connectivity index (χ3v) is 3.29. The Kier molecular flexibility index (Phi) is 7.24. The molecule has 2 amide bonds. The van der Waals surface area contributed by atoms with Crippen molar-refractivity contribution in [2.24, 2.45) is 0 Å². The van der Waals surface area contributed by atoms with Crippen molar-refractivity contribution in [2.75, 3.05) is 26.0 Å². The predicted molar refractivity (Wildman–Crippen MR) is 75.2 cm³/mol. The highest BCUT2D eigenvalue weighted by Gasteiger charge is 2.10. The Balaban J connectivity index is 2.24. The van der Waals surface area contributed by atoms with Gasteiger partial charge in [-0.3, -0.25) is 14.4 Å². The van der Waals surface area contributed by atoms with Gasteiger partial charge in [-0.25, -0.2) is 4.39 Å². The minimum Gasteiger partial charge on any atom is -0.455 e. The number of likely N-dealkylation sites (N-methyl/N-ethyl adjacent to an activating group) is 1. The van der Waals surface area contributed by atoms with Gasteiger partial charge < -0.3 is 15.4 Å². The van der Waals surface area contributed by atoms with Gasteiger partial charge in [0.15, 0.2) is 6.61 Å². The predicted octanol–water partition coefficient (Wildman–Crippen LogP) is 0.323. The van der Waals surface area contributed by atoms with Crippen molar-refractivity contribution < 1.29 is 23.5 Å². The van der Waals surface area contributed by atoms with Gasteiger partial charge in [0.2, 0.25) is 5.91 Å². The second kappa shape index (κ2) is 8.96. The Morgan fingerprint density at radius 1 is 1.24 bits per heavy atom. The topological polar surface area (TPSA) is 84.5 Å². The summed E-state index contributed by atoms with van der Waals surface area (Å²) in [5.41, 5.74) is 0. The van der Waals surface area contributed by atoms with Gasteiger partial charge in [0.25, 0.3) is 5.91 Å². The number of rotatable bonds is 7. The van der Waals surface area contributed by atoms with Crippen LogP contribution in [0.15, 0.2) is 29.2 Å². The summed E-state index contributed by atoms with van der Waals surface area (Å²) in [6.45, 7) is -0.662. The lowest BCUT2D eigenvalue weighted by Gasteiger charge is -2.06. The lowest BCUT2D eigenvalue weighted by molar-refractivity contribution is -0.146. The number of esters is 1. The number of amides is 2. The Morgan fingerprint density at radius 2 is 1.95 bits per heavy atom. The van der Waals surface area contributed by atoms with Crippen molar-refractivity contribution in [1.82, 2.24) is 10.6 Å². The molecule has 0 saturated carbocycles. The van der Waals surface area contributed by atoms with Crippen LogP contribution in [0.3, 0.4) is 0 Å². The quantitative estimate of drug-likeness (QED) is 0.559. The fourth-order valence-electron chi connectivity index (χ4n) is 1.20. The van der Waals surface area contributed by atoms with E-state index in [1.165, 1.54) is 13.1 Å². The number of nitrogens with one attached hydrogen (secondary N) is 2. The molecular formula is C13H15FN2O4S. The van der Waals surface area contributed by atoms with Gasteiger partial charge in [-0.1, -0.05) is 12.1 Å². The zero-order valence-corrected chi connectivity index (χ0v) is 12.2. The molecule has 0 heterocycles. The van der Waals surface area contributed by atoms with E-state index in [1.807, 2.05) is 0 Å². The summed E-state index contributed by atoms with van der Waals surface area (Å²) in [5, 5.41) is 4.61. The van der Waals surface area contributed by atoms with Crippen LogP contribution in [-0.4, -0.2) is 43.7 Å². The smallest absolute Gasteiger partial charge is 0.316 e. The molecule has 0 aliphatic carbocycles. The summed E-state index contributed by atoms with van der Waals surface area (Å²) >= 11 is 0.983. The Hall–Kier alpha value is -2.09. The fraction of sp³-hybridized carbons (Fsp3) is 0.308. The summed E-state index contributed by atoms with van der Waals surface area (Å²) < 4.78 is 18.0. The van der Waals surface area contributed by atoms with E-state index in [0.717, 1.165) is 11.8 Å². The van der Waals surface area contributed by atoms with Crippen LogP contribution in [0, 0.1) is 5.82 Å². The molecule has 0 radical (unpaired) electrons. The molecule has 0 unspecified atom stereocenters. The largest absolute Gasteiger partial charge is 0.455 e. The first kappa shape index (κ1) is 17.0. The summed E-state index contributed by atoms with van der Waals surface area (Å²) in [4.78, 5) is 33.9. The summed E-state index contributed by atoms with van der Waals surface area (Å²) in [6.07, 6.45) is 0. The van der Waals surface area contributed by atoms with Crippen LogP contribution in [0.2, 0.25) is 0 Å². The maximum atomic E-state index is 13.3. The van der Waals surface area contributed by atoms with Crippen LogP contribution in [0.25, 0.3) is 0 Å². The van der Waals surface area contributed by atoms with E-state index in [2.05, 4.69) is 10.6 Å². The molecule has 8 heteroatoms. The molecule has 1 rings (SSSR count). The minimum atomic E-state index is -0.640. The van der Waals surface area contributed by atoms with E-state index in [0.29, 0.717) is 4.90 Å². The fourth-order valence-corrected chi connectivity index (χ4v) is 1.94. The second-order valence-corrected chi connectivity index (χ2v) is 4.85. The minimum absolute atomic E-state index is 0.107. The van der Waals surface area contributed by atoms with Crippen molar-refractivity contribution in [3.05, 3.63) is 30.1 Å². The zero-order chi connectivity index (χ0) is 15.7. The van der Waals surface area contributed by atoms with Crippen molar-refractivity contribution >= 4 is 29.5 Å². The summed E-state index contributed by atoms with van der Waals surface area (Å²) in [5.74, 6) is -2.10. The Morgan fingerprint density at radius 3 is 2.62 bits per heavy atom. The first-order chi connectivity index (χ1) is 10.0. The van der Waals surface area contributed by atoms with Crippen LogP contribution in [-0.2, 0) is 19.1 Å². The molecule has 1 aromatic carbocycles. The van der Waals surface area contributed by atoms with Gasteiger partial charge in [-0.2, -0.15) is 0 Å². The van der Waals surface area contributed by atoms with E-state index in [4.69, 9.17) is 4.74 Å². The van der Waals surface area contributed by atoms with Crippen LogP contribution < -0.4 is 10.6 Å². The first-order valence-corrected chi connectivity index (χ1v) is 7.01. The molecular weight excluding hydrogens is 299 g/mol. The van der Waals surface area contributed by atoms with Crippen LogP contribution in [0.4, 0.5) is 4.39 Å². The molecule has 21 heavy (non-hydrogen) atoms. The number of hydrogen-bond donors (Lipinski definition) is 2. The first-order valence-electron chi connectivity index (χ1n) is 6.03. The molecule has 0 aliphatic rings. The third kappa shape index (κ3) is 6.75. The van der Waals surface area contributed by atoms with Gasteiger partial charge in [0.05, 0.1) is 12.3 Å². The average molecular weight is 314 g/mol. The maximum Gasteiger partial charge on any atom is 0.316 e. The van der Waals surface area contributed by atoms with Crippen molar-refractivity contribution in [2.45, 2.75) is 4.90 Å². The molecule has 1 aromatic rings. The number of benzene rings is 1. The lowest BCUT2D eigenvalue weighted by Crippen LogP contribution is -2.37. The number of halogens is 1. The van der Waals surface area contributed by atoms with E-state index in [9.17, 15) is 18.8 Å². The average Bonchev–Trinajstić information content (AvgIpc) is 2.49. The van der Waals surface area contributed by atoms with Gasteiger partial charge >= 0.3 is 5.97 Å². The zero-order valence-electron chi connectivity index (χ0n) is 11.3. The Labute approximate surface area is 125 Å². The summed E-state index contributed by atoms with van der Waals surface area (Å²) in [6, 6.07) is 6.04. The van der Waals surface area contributed by atoms with Gasteiger partial charge in [0, 0.05) is 11.9 Å². The lowest BCUT2D eigenvalue weighted by atomic mass is 10.3.